The van der Waals surface area contributed by atoms with Crippen LogP contribution in [0, 0.1) is 5.82 Å². The monoisotopic (exact) mass is 266 g/mol. The van der Waals surface area contributed by atoms with Crippen LogP contribution in [0.3, 0.4) is 0 Å². The summed E-state index contributed by atoms with van der Waals surface area (Å²) >= 11 is 0. The van der Waals surface area contributed by atoms with E-state index in [-0.39, 0.29) is 17.5 Å². The molecule has 0 saturated carbocycles. The van der Waals surface area contributed by atoms with Crippen LogP contribution in [-0.4, -0.2) is 39.6 Å². The number of aliphatic hydroxyl groups is 1. The van der Waals surface area contributed by atoms with E-state index in [4.69, 9.17) is 0 Å². The normalized spacial score (nSPS) is 21.2. The molecule has 1 aliphatic heterocycles. The van der Waals surface area contributed by atoms with Gasteiger partial charge >= 0.3 is 0 Å². The number of halogens is 1. The number of carbonyl (C=O) groups is 1. The first-order valence-corrected chi connectivity index (χ1v) is 6.68. The molecule has 1 saturated heterocycles. The lowest BCUT2D eigenvalue weighted by Gasteiger charge is -2.36. The van der Waals surface area contributed by atoms with E-state index in [2.05, 4.69) is 4.98 Å². The average Bonchev–Trinajstić information content (AvgIpc) is 2.38. The molecule has 0 aliphatic carbocycles. The summed E-state index contributed by atoms with van der Waals surface area (Å²) in [5, 5.41) is 9.51. The highest BCUT2D eigenvalue weighted by Crippen LogP contribution is 2.23. The van der Waals surface area contributed by atoms with Gasteiger partial charge < -0.3 is 10.0 Å². The number of rotatable bonds is 3. The maximum Gasteiger partial charge on any atom is 0.257 e. The van der Waals surface area contributed by atoms with Crippen molar-refractivity contribution in [2.75, 3.05) is 6.54 Å². The zero-order valence-electron chi connectivity index (χ0n) is 11.1. The molecule has 0 spiro atoms. The van der Waals surface area contributed by atoms with Crippen LogP contribution in [0.5, 0.6) is 0 Å². The van der Waals surface area contributed by atoms with Crippen LogP contribution in [0.1, 0.15) is 43.0 Å². The molecule has 2 heterocycles. The van der Waals surface area contributed by atoms with E-state index in [1.807, 2.05) is 0 Å². The molecule has 2 unspecified atom stereocenters. The van der Waals surface area contributed by atoms with E-state index in [1.54, 1.807) is 11.8 Å². The lowest BCUT2D eigenvalue weighted by atomic mass is 9.96. The van der Waals surface area contributed by atoms with Crippen LogP contribution >= 0.6 is 0 Å². The van der Waals surface area contributed by atoms with Crippen LogP contribution in [-0.2, 0) is 0 Å². The molecule has 19 heavy (non-hydrogen) atoms. The van der Waals surface area contributed by atoms with Gasteiger partial charge in [-0.15, -0.1) is 0 Å². The molecular formula is C14H19FN2O2. The van der Waals surface area contributed by atoms with E-state index >= 15 is 0 Å². The van der Waals surface area contributed by atoms with Crippen molar-refractivity contribution in [3.05, 3.63) is 29.8 Å². The van der Waals surface area contributed by atoms with Gasteiger partial charge in [0, 0.05) is 18.8 Å². The molecule has 104 valence electrons. The number of likely N-dealkylation sites (tertiary alicyclic amines) is 1. The number of hydrogen-bond donors (Lipinski definition) is 1. The van der Waals surface area contributed by atoms with Gasteiger partial charge in [0.15, 0.2) is 5.82 Å². The molecule has 1 aromatic heterocycles. The van der Waals surface area contributed by atoms with Crippen molar-refractivity contribution in [3.8, 4) is 0 Å². The fraction of sp³-hybridized carbons (Fsp3) is 0.571. The second-order valence-electron chi connectivity index (χ2n) is 5.09. The summed E-state index contributed by atoms with van der Waals surface area (Å²) in [6.45, 7) is 2.34. The van der Waals surface area contributed by atoms with E-state index < -0.39 is 11.9 Å². The Bertz CT molecular complexity index is 451. The summed E-state index contributed by atoms with van der Waals surface area (Å²) in [7, 11) is 0. The molecule has 1 aliphatic rings. The number of pyridine rings is 1. The molecule has 5 heteroatoms. The Morgan fingerprint density at radius 2 is 2.42 bits per heavy atom. The second kappa shape index (κ2) is 6.10. The lowest BCUT2D eigenvalue weighted by molar-refractivity contribution is 0.0510. The highest BCUT2D eigenvalue weighted by Gasteiger charge is 2.29. The van der Waals surface area contributed by atoms with Crippen molar-refractivity contribution in [3.63, 3.8) is 0 Å². The Morgan fingerprint density at radius 3 is 3.11 bits per heavy atom. The second-order valence-corrected chi connectivity index (χ2v) is 5.09. The molecule has 0 aromatic carbocycles. The molecule has 1 amide bonds. The van der Waals surface area contributed by atoms with Crippen LogP contribution in [0.2, 0.25) is 0 Å². The van der Waals surface area contributed by atoms with Gasteiger partial charge in [-0.2, -0.15) is 0 Å². The molecule has 2 atom stereocenters. The van der Waals surface area contributed by atoms with E-state index in [1.165, 1.54) is 12.3 Å². The van der Waals surface area contributed by atoms with Crippen molar-refractivity contribution in [1.82, 2.24) is 9.88 Å². The van der Waals surface area contributed by atoms with Gasteiger partial charge in [0.05, 0.1) is 17.9 Å². The van der Waals surface area contributed by atoms with Crippen LogP contribution in [0.4, 0.5) is 4.39 Å². The van der Waals surface area contributed by atoms with Crippen molar-refractivity contribution >= 4 is 5.91 Å². The highest BCUT2D eigenvalue weighted by atomic mass is 19.1. The van der Waals surface area contributed by atoms with Crippen molar-refractivity contribution < 1.29 is 14.3 Å². The Kier molecular flexibility index (Phi) is 4.47. The Morgan fingerprint density at radius 1 is 1.63 bits per heavy atom. The number of hydrogen-bond acceptors (Lipinski definition) is 3. The summed E-state index contributed by atoms with van der Waals surface area (Å²) in [4.78, 5) is 17.7. The molecule has 1 N–H and O–H groups in total. The van der Waals surface area contributed by atoms with Gasteiger partial charge in [-0.1, -0.05) is 0 Å². The minimum absolute atomic E-state index is 0.00573. The van der Waals surface area contributed by atoms with Crippen molar-refractivity contribution in [2.45, 2.75) is 44.8 Å². The highest BCUT2D eigenvalue weighted by molar-refractivity contribution is 5.94. The zero-order chi connectivity index (χ0) is 13.8. The number of nitrogens with zero attached hydrogens (tertiary/aromatic N) is 2. The number of aliphatic hydroxyl groups excluding tert-OH is 1. The Balaban J connectivity index is 2.18. The minimum atomic E-state index is -0.589. The SMILES string of the molecule is CC(O)CC1CCCCN1C(=O)c1ccncc1F. The van der Waals surface area contributed by atoms with Gasteiger partial charge in [0.2, 0.25) is 0 Å². The molecule has 4 nitrogen and oxygen atoms in total. The van der Waals surface area contributed by atoms with Gasteiger partial charge in [-0.05, 0) is 38.7 Å². The molecule has 0 radical (unpaired) electrons. The smallest absolute Gasteiger partial charge is 0.257 e. The van der Waals surface area contributed by atoms with E-state index in [9.17, 15) is 14.3 Å². The standard InChI is InChI=1S/C14H19FN2O2/c1-10(18)8-11-4-2-3-7-17(11)14(19)12-5-6-16-9-13(12)15/h5-6,9-11,18H,2-4,7-8H2,1H3. The minimum Gasteiger partial charge on any atom is -0.393 e. The van der Waals surface area contributed by atoms with Crippen LogP contribution < -0.4 is 0 Å². The quantitative estimate of drug-likeness (QED) is 0.910. The first-order chi connectivity index (χ1) is 9.09. The average molecular weight is 266 g/mol. The summed E-state index contributed by atoms with van der Waals surface area (Å²) < 4.78 is 13.6. The number of aromatic nitrogens is 1. The largest absolute Gasteiger partial charge is 0.393 e. The van der Waals surface area contributed by atoms with Gasteiger partial charge in [0.25, 0.3) is 5.91 Å². The van der Waals surface area contributed by atoms with E-state index in [0.29, 0.717) is 13.0 Å². The number of carbonyl (C=O) groups excluding carboxylic acids is 1. The number of piperidine rings is 1. The zero-order valence-corrected chi connectivity index (χ0v) is 11.1. The fourth-order valence-electron chi connectivity index (χ4n) is 2.61. The molecule has 1 aromatic rings. The lowest BCUT2D eigenvalue weighted by Crippen LogP contribution is -2.45. The van der Waals surface area contributed by atoms with Crippen molar-refractivity contribution in [1.29, 1.82) is 0 Å². The van der Waals surface area contributed by atoms with Gasteiger partial charge in [-0.3, -0.25) is 9.78 Å². The Labute approximate surface area is 112 Å². The third-order valence-electron chi connectivity index (χ3n) is 3.50. The van der Waals surface area contributed by atoms with Gasteiger partial charge in [-0.25, -0.2) is 4.39 Å². The maximum atomic E-state index is 13.6. The molecule has 0 bridgehead atoms. The summed E-state index contributed by atoms with van der Waals surface area (Å²) in [6.07, 6.45) is 5.39. The Hall–Kier alpha value is -1.49. The predicted octanol–water partition coefficient (Wildman–Crippen LogP) is 1.99. The summed E-state index contributed by atoms with van der Waals surface area (Å²) in [6, 6.07) is 1.40. The molecule has 2 rings (SSSR count). The molecule has 1 fully saturated rings. The van der Waals surface area contributed by atoms with Crippen LogP contribution in [0.15, 0.2) is 18.5 Å². The third kappa shape index (κ3) is 3.29. The first kappa shape index (κ1) is 13.9. The third-order valence-corrected chi connectivity index (χ3v) is 3.50. The fourth-order valence-corrected chi connectivity index (χ4v) is 2.61. The van der Waals surface area contributed by atoms with E-state index in [0.717, 1.165) is 25.5 Å². The van der Waals surface area contributed by atoms with Crippen LogP contribution in [0.25, 0.3) is 0 Å². The summed E-state index contributed by atoms with van der Waals surface area (Å²) in [5.41, 5.74) is 0.0625. The number of amides is 1. The predicted molar refractivity (Wildman–Crippen MR) is 69.2 cm³/mol. The van der Waals surface area contributed by atoms with Crippen molar-refractivity contribution in [2.24, 2.45) is 0 Å². The van der Waals surface area contributed by atoms with Gasteiger partial charge in [0.1, 0.15) is 0 Å². The first-order valence-electron chi connectivity index (χ1n) is 6.68. The summed E-state index contributed by atoms with van der Waals surface area (Å²) in [5.74, 6) is -0.890. The molecular weight excluding hydrogens is 247 g/mol. The topological polar surface area (TPSA) is 53.4 Å². The maximum absolute atomic E-state index is 13.6.